The van der Waals surface area contributed by atoms with E-state index in [4.69, 9.17) is 9.47 Å². The predicted molar refractivity (Wildman–Crippen MR) is 202 cm³/mol. The Bertz CT molecular complexity index is 1490. The van der Waals surface area contributed by atoms with Gasteiger partial charge in [-0.2, -0.15) is 0 Å². The van der Waals surface area contributed by atoms with Gasteiger partial charge in [-0.15, -0.1) is 0 Å². The summed E-state index contributed by atoms with van der Waals surface area (Å²) in [5.41, 5.74) is -1.21. The second kappa shape index (κ2) is 18.0. The van der Waals surface area contributed by atoms with E-state index in [-0.39, 0.29) is 0 Å². The van der Waals surface area contributed by atoms with Gasteiger partial charge in [0.05, 0.1) is 0 Å². The van der Waals surface area contributed by atoms with Crippen molar-refractivity contribution in [1.29, 1.82) is 0 Å². The smallest absolute Gasteiger partial charge is 0.177 e. The summed E-state index contributed by atoms with van der Waals surface area (Å²) < 4.78 is 13.8. The summed E-state index contributed by atoms with van der Waals surface area (Å²) in [6.07, 6.45) is 0. The Morgan fingerprint density at radius 1 is 0.500 bits per heavy atom. The molecule has 0 aromatic heterocycles. The van der Waals surface area contributed by atoms with Crippen LogP contribution in [-0.2, 0) is 11.2 Å². The summed E-state index contributed by atoms with van der Waals surface area (Å²) in [7, 11) is 0. The van der Waals surface area contributed by atoms with Gasteiger partial charge in [0.2, 0.25) is 0 Å². The fourth-order valence-electron chi connectivity index (χ4n) is 5.43. The van der Waals surface area contributed by atoms with Gasteiger partial charge in [0.25, 0.3) is 0 Å². The number of rotatable bonds is 16. The first-order valence-electron chi connectivity index (χ1n) is 16.6. The monoisotopic (exact) mass is 776 g/mol. The van der Waals surface area contributed by atoms with Crippen molar-refractivity contribution in [3.63, 3.8) is 0 Å². The highest BCUT2D eigenvalue weighted by molar-refractivity contribution is 9.10. The highest BCUT2D eigenvalue weighted by atomic mass is 79.9. The molecule has 0 heterocycles. The number of hydrogen-bond donors (Lipinski definition) is 2. The van der Waals surface area contributed by atoms with E-state index < -0.39 is 11.2 Å². The first kappa shape index (κ1) is 37.7. The molecule has 0 saturated heterocycles. The third kappa shape index (κ3) is 9.72. The molecule has 6 nitrogen and oxygen atoms in total. The molecule has 0 saturated carbocycles. The molecule has 0 spiro atoms. The molecule has 0 fully saturated rings. The number of aliphatic hydroxyl groups is 2. The highest BCUT2D eigenvalue weighted by Crippen LogP contribution is 2.35. The van der Waals surface area contributed by atoms with Crippen LogP contribution in [0.5, 0.6) is 11.5 Å². The predicted octanol–water partition coefficient (Wildman–Crippen LogP) is 7.83. The lowest BCUT2D eigenvalue weighted by Gasteiger charge is -2.27. The molecule has 0 radical (unpaired) electrons. The molecule has 2 atom stereocenters. The minimum absolute atomic E-state index is 0.559. The van der Waals surface area contributed by atoms with Crippen LogP contribution in [0.15, 0.2) is 106 Å². The van der Waals surface area contributed by atoms with E-state index in [9.17, 15) is 10.2 Å². The lowest BCUT2D eigenvalue weighted by atomic mass is 9.83. The molecule has 48 heavy (non-hydrogen) atoms. The Morgan fingerprint density at radius 2 is 0.771 bits per heavy atom. The number of halogens is 2. The zero-order chi connectivity index (χ0) is 34.6. The van der Waals surface area contributed by atoms with Gasteiger partial charge in [0.15, 0.2) is 11.2 Å². The minimum Gasteiger partial charge on any atom is -0.492 e. The van der Waals surface area contributed by atoms with Crippen LogP contribution < -0.4 is 9.47 Å². The van der Waals surface area contributed by atoms with Crippen LogP contribution in [-0.4, -0.2) is 72.5 Å². The maximum absolute atomic E-state index is 12.4. The lowest BCUT2D eigenvalue weighted by Crippen LogP contribution is -2.30. The van der Waals surface area contributed by atoms with Crippen molar-refractivity contribution in [2.75, 3.05) is 52.5 Å². The van der Waals surface area contributed by atoms with Gasteiger partial charge in [0.1, 0.15) is 24.7 Å². The second-order valence-corrected chi connectivity index (χ2v) is 13.3. The zero-order valence-electron chi connectivity index (χ0n) is 28.3. The molecule has 0 amide bonds. The van der Waals surface area contributed by atoms with Crippen molar-refractivity contribution in [2.45, 2.75) is 38.9 Å². The average molecular weight is 779 g/mol. The van der Waals surface area contributed by atoms with E-state index >= 15 is 0 Å². The van der Waals surface area contributed by atoms with Crippen LogP contribution in [0, 0.1) is 11.8 Å². The Labute approximate surface area is 303 Å². The highest BCUT2D eigenvalue weighted by Gasteiger charge is 2.34. The normalized spacial score (nSPS) is 13.8. The van der Waals surface area contributed by atoms with Crippen LogP contribution in [0.3, 0.4) is 0 Å². The SMILES string of the molecule is CCN(CC)CCOc1ccc(C(O)(C#CC(O)(c2ccc(Br)cc2)c2ccc(OCCN(CC)CC)cc2)c2ccc(Br)cc2)cc1. The van der Waals surface area contributed by atoms with E-state index in [1.54, 1.807) is 0 Å². The molecule has 2 unspecified atom stereocenters. The maximum atomic E-state index is 12.4. The summed E-state index contributed by atoms with van der Waals surface area (Å²) in [5, 5.41) is 24.8. The van der Waals surface area contributed by atoms with Crippen LogP contribution in [0.25, 0.3) is 0 Å². The number of nitrogens with zero attached hydrogens (tertiary/aromatic N) is 2. The van der Waals surface area contributed by atoms with E-state index in [0.29, 0.717) is 47.0 Å². The van der Waals surface area contributed by atoms with Crippen molar-refractivity contribution in [3.8, 4) is 23.3 Å². The summed E-state index contributed by atoms with van der Waals surface area (Å²) in [6.45, 7) is 15.2. The molecular formula is C40H46Br2N2O4. The Kier molecular flexibility index (Phi) is 14.1. The first-order valence-corrected chi connectivity index (χ1v) is 18.2. The molecule has 0 aliphatic heterocycles. The fraction of sp³-hybridized carbons (Fsp3) is 0.350. The average Bonchev–Trinajstić information content (AvgIpc) is 3.12. The maximum Gasteiger partial charge on any atom is 0.177 e. The first-order chi connectivity index (χ1) is 23.1. The third-order valence-corrected chi connectivity index (χ3v) is 9.69. The molecule has 4 aromatic carbocycles. The van der Waals surface area contributed by atoms with Gasteiger partial charge in [-0.3, -0.25) is 0 Å². The third-order valence-electron chi connectivity index (χ3n) is 8.63. The molecule has 0 aliphatic carbocycles. The Hall–Kier alpha value is -3.16. The molecule has 8 heteroatoms. The zero-order valence-corrected chi connectivity index (χ0v) is 31.4. The van der Waals surface area contributed by atoms with Crippen molar-refractivity contribution < 1.29 is 19.7 Å². The Morgan fingerprint density at radius 3 is 1.04 bits per heavy atom. The van der Waals surface area contributed by atoms with Crippen LogP contribution in [0.1, 0.15) is 49.9 Å². The Balaban J connectivity index is 1.70. The number of hydrogen-bond acceptors (Lipinski definition) is 6. The fourth-order valence-corrected chi connectivity index (χ4v) is 5.96. The molecule has 4 rings (SSSR count). The number of benzene rings is 4. The summed E-state index contributed by atoms with van der Waals surface area (Å²) in [6, 6.07) is 29.5. The summed E-state index contributed by atoms with van der Waals surface area (Å²) >= 11 is 7.00. The molecule has 0 aliphatic rings. The van der Waals surface area contributed by atoms with Crippen LogP contribution in [0.2, 0.25) is 0 Å². The summed E-state index contributed by atoms with van der Waals surface area (Å²) in [5.74, 6) is 7.65. The second-order valence-electron chi connectivity index (χ2n) is 11.5. The quantitative estimate of drug-likeness (QED) is 0.113. The van der Waals surface area contributed by atoms with Crippen LogP contribution in [0.4, 0.5) is 0 Å². The van der Waals surface area contributed by atoms with Gasteiger partial charge in [-0.05, 0) is 74.7 Å². The van der Waals surface area contributed by atoms with Crippen molar-refractivity contribution in [2.24, 2.45) is 0 Å². The molecular weight excluding hydrogens is 732 g/mol. The van der Waals surface area contributed by atoms with Gasteiger partial charge >= 0.3 is 0 Å². The lowest BCUT2D eigenvalue weighted by molar-refractivity contribution is 0.133. The van der Waals surface area contributed by atoms with E-state index in [0.717, 1.165) is 48.2 Å². The van der Waals surface area contributed by atoms with Crippen molar-refractivity contribution in [1.82, 2.24) is 9.80 Å². The van der Waals surface area contributed by atoms with E-state index in [2.05, 4.69) is 81.2 Å². The topological polar surface area (TPSA) is 65.4 Å². The molecule has 2 N–H and O–H groups in total. The minimum atomic E-state index is -1.74. The standard InChI is InChI=1S/C40H46Br2N2O4/c1-5-43(6-2)27-29-47-37-21-13-33(14-22-37)39(45,31-9-17-35(41)18-10-31)25-26-40(46,32-11-19-36(42)20-12-32)34-15-23-38(24-16-34)48-30-28-44(7-3)8-4/h9-24,45-46H,5-8,27-30H2,1-4H3. The van der Waals surface area contributed by atoms with Crippen LogP contribution >= 0.6 is 31.9 Å². The summed E-state index contributed by atoms with van der Waals surface area (Å²) in [4.78, 5) is 4.60. The largest absolute Gasteiger partial charge is 0.492 e. The van der Waals surface area contributed by atoms with E-state index in [1.807, 2.05) is 97.1 Å². The number of ether oxygens (including phenoxy) is 2. The molecule has 4 aromatic rings. The van der Waals surface area contributed by atoms with Gasteiger partial charge in [0, 0.05) is 44.3 Å². The van der Waals surface area contributed by atoms with Gasteiger partial charge in [-0.1, -0.05) is 120 Å². The van der Waals surface area contributed by atoms with Gasteiger partial charge in [-0.25, -0.2) is 0 Å². The van der Waals surface area contributed by atoms with Gasteiger partial charge < -0.3 is 29.5 Å². The van der Waals surface area contributed by atoms with E-state index in [1.165, 1.54) is 0 Å². The molecule has 254 valence electrons. The number of likely N-dealkylation sites (N-methyl/N-ethyl adjacent to an activating group) is 2. The molecule has 0 bridgehead atoms. The van der Waals surface area contributed by atoms with Crippen molar-refractivity contribution in [3.05, 3.63) is 128 Å². The van der Waals surface area contributed by atoms with Crippen molar-refractivity contribution >= 4 is 31.9 Å².